The highest BCUT2D eigenvalue weighted by Crippen LogP contribution is 2.40. The van der Waals surface area contributed by atoms with Crippen molar-refractivity contribution in [2.24, 2.45) is 0 Å². The molecule has 27 heavy (non-hydrogen) atoms. The molecule has 1 aromatic rings. The normalized spacial score (nSPS) is 18.1. The second kappa shape index (κ2) is 9.13. The third kappa shape index (κ3) is 4.75. The van der Waals surface area contributed by atoms with Crippen LogP contribution in [0.4, 0.5) is 0 Å². The van der Waals surface area contributed by atoms with Gasteiger partial charge in [0.1, 0.15) is 17.2 Å². The van der Waals surface area contributed by atoms with Gasteiger partial charge in [0.2, 0.25) is 5.91 Å². The van der Waals surface area contributed by atoms with E-state index in [1.807, 2.05) is 12.1 Å². The van der Waals surface area contributed by atoms with Gasteiger partial charge in [-0.2, -0.15) is 0 Å². The van der Waals surface area contributed by atoms with E-state index in [2.05, 4.69) is 16.3 Å². The van der Waals surface area contributed by atoms with Gasteiger partial charge in [-0.15, -0.1) is 0 Å². The molecule has 1 aliphatic heterocycles. The Bertz CT molecular complexity index is 670. The molecule has 1 N–H and O–H groups in total. The molecule has 1 saturated carbocycles. The van der Waals surface area contributed by atoms with Gasteiger partial charge in [-0.05, 0) is 24.8 Å². The Balaban J connectivity index is 1.67. The van der Waals surface area contributed by atoms with Crippen LogP contribution in [-0.4, -0.2) is 57.8 Å². The molecule has 1 amide bonds. The van der Waals surface area contributed by atoms with E-state index in [0.717, 1.165) is 49.4 Å². The van der Waals surface area contributed by atoms with Crippen LogP contribution in [0.2, 0.25) is 0 Å². The van der Waals surface area contributed by atoms with E-state index in [1.54, 1.807) is 21.3 Å². The van der Waals surface area contributed by atoms with Crippen molar-refractivity contribution in [2.45, 2.75) is 38.1 Å². The topological polar surface area (TPSA) is 60.0 Å². The molecule has 6 nitrogen and oxygen atoms in total. The second-order valence-electron chi connectivity index (χ2n) is 7.17. The van der Waals surface area contributed by atoms with Crippen LogP contribution < -0.4 is 19.5 Å². The van der Waals surface area contributed by atoms with Gasteiger partial charge >= 0.3 is 0 Å². The number of carbonyl (C=O) groups is 1. The molecule has 0 bridgehead atoms. The Morgan fingerprint density at radius 3 is 2.30 bits per heavy atom. The summed E-state index contributed by atoms with van der Waals surface area (Å²) < 4.78 is 16.5. The molecule has 0 aromatic heterocycles. The van der Waals surface area contributed by atoms with E-state index in [-0.39, 0.29) is 5.91 Å². The first-order valence-electron chi connectivity index (χ1n) is 9.65. The average Bonchev–Trinajstić information content (AvgIpc) is 3.20. The van der Waals surface area contributed by atoms with Gasteiger partial charge in [0.25, 0.3) is 0 Å². The van der Waals surface area contributed by atoms with E-state index in [1.165, 1.54) is 18.4 Å². The summed E-state index contributed by atoms with van der Waals surface area (Å²) in [7, 11) is 4.93. The number of benzene rings is 1. The van der Waals surface area contributed by atoms with Crippen LogP contribution in [0.1, 0.15) is 37.7 Å². The third-order valence-corrected chi connectivity index (χ3v) is 5.42. The van der Waals surface area contributed by atoms with Gasteiger partial charge in [-0.1, -0.05) is 18.9 Å². The summed E-state index contributed by atoms with van der Waals surface area (Å²) in [5.41, 5.74) is 2.15. The van der Waals surface area contributed by atoms with Crippen LogP contribution >= 0.6 is 0 Å². The first-order valence-corrected chi connectivity index (χ1v) is 9.65. The summed E-state index contributed by atoms with van der Waals surface area (Å²) in [4.78, 5) is 14.4. The molecule has 0 spiro atoms. The predicted octanol–water partition coefficient (Wildman–Crippen LogP) is 2.86. The molecule has 1 aliphatic carbocycles. The van der Waals surface area contributed by atoms with E-state index in [4.69, 9.17) is 14.2 Å². The van der Waals surface area contributed by atoms with E-state index in [9.17, 15) is 4.79 Å². The summed E-state index contributed by atoms with van der Waals surface area (Å²) >= 11 is 0. The summed E-state index contributed by atoms with van der Waals surface area (Å²) in [5, 5.41) is 3.16. The highest BCUT2D eigenvalue weighted by molar-refractivity contribution is 5.79. The first kappa shape index (κ1) is 19.5. The first-order chi connectivity index (χ1) is 13.1. The molecular formula is C21H30N2O4. The minimum absolute atomic E-state index is 0.137. The molecule has 1 fully saturated rings. The molecule has 1 heterocycles. The van der Waals surface area contributed by atoms with Gasteiger partial charge in [-0.3, -0.25) is 9.69 Å². The zero-order valence-corrected chi connectivity index (χ0v) is 16.5. The number of hydrogen-bond donors (Lipinski definition) is 1. The number of methoxy groups -OCH3 is 3. The highest BCUT2D eigenvalue weighted by atomic mass is 16.5. The molecule has 6 heteroatoms. The largest absolute Gasteiger partial charge is 0.496 e. The van der Waals surface area contributed by atoms with Crippen LogP contribution in [0.25, 0.3) is 5.57 Å². The minimum atomic E-state index is 0.137. The zero-order chi connectivity index (χ0) is 19.2. The molecule has 0 radical (unpaired) electrons. The van der Waals surface area contributed by atoms with Gasteiger partial charge in [0.05, 0.1) is 33.4 Å². The van der Waals surface area contributed by atoms with Crippen LogP contribution in [-0.2, 0) is 4.79 Å². The fourth-order valence-corrected chi connectivity index (χ4v) is 3.95. The van der Waals surface area contributed by atoms with Crippen LogP contribution in [0.3, 0.4) is 0 Å². The smallest absolute Gasteiger partial charge is 0.234 e. The fraction of sp³-hybridized carbons (Fsp3) is 0.571. The summed E-state index contributed by atoms with van der Waals surface area (Å²) in [6, 6.07) is 4.13. The van der Waals surface area contributed by atoms with Crippen molar-refractivity contribution in [3.05, 3.63) is 23.8 Å². The van der Waals surface area contributed by atoms with E-state index < -0.39 is 0 Å². The minimum Gasteiger partial charge on any atom is -0.496 e. The number of hydrogen-bond acceptors (Lipinski definition) is 5. The molecule has 0 atom stereocenters. The summed E-state index contributed by atoms with van der Waals surface area (Å²) in [6.07, 6.45) is 7.70. The Labute approximate surface area is 161 Å². The van der Waals surface area contributed by atoms with Gasteiger partial charge in [0.15, 0.2) is 0 Å². The standard InChI is InChI=1S/C21H30N2O4/c1-25-17-12-18(26-2)21(19(13-17)27-3)15-8-10-23(11-9-15)14-20(24)22-16-6-4-5-7-16/h8,12-13,16H,4-7,9-11,14H2,1-3H3,(H,22,24). The maximum absolute atomic E-state index is 12.3. The highest BCUT2D eigenvalue weighted by Gasteiger charge is 2.23. The van der Waals surface area contributed by atoms with Crippen molar-refractivity contribution in [3.63, 3.8) is 0 Å². The molecule has 3 rings (SSSR count). The van der Waals surface area contributed by atoms with E-state index >= 15 is 0 Å². The van der Waals surface area contributed by atoms with Crippen molar-refractivity contribution in [2.75, 3.05) is 41.0 Å². The van der Waals surface area contributed by atoms with Crippen LogP contribution in [0, 0.1) is 0 Å². The lowest BCUT2D eigenvalue weighted by molar-refractivity contribution is -0.122. The van der Waals surface area contributed by atoms with Crippen molar-refractivity contribution in [1.82, 2.24) is 10.2 Å². The quantitative estimate of drug-likeness (QED) is 0.795. The Morgan fingerprint density at radius 1 is 1.11 bits per heavy atom. The van der Waals surface area contributed by atoms with E-state index in [0.29, 0.717) is 18.3 Å². The lowest BCUT2D eigenvalue weighted by atomic mass is 9.97. The lowest BCUT2D eigenvalue weighted by Crippen LogP contribution is -2.42. The monoisotopic (exact) mass is 374 g/mol. The maximum atomic E-state index is 12.3. The number of rotatable bonds is 7. The summed E-state index contributed by atoms with van der Waals surface area (Å²) in [6.45, 7) is 2.03. The number of nitrogens with zero attached hydrogens (tertiary/aromatic N) is 1. The van der Waals surface area contributed by atoms with Crippen molar-refractivity contribution < 1.29 is 19.0 Å². The number of amides is 1. The number of nitrogens with one attached hydrogen (secondary N) is 1. The number of carbonyl (C=O) groups excluding carboxylic acids is 1. The lowest BCUT2D eigenvalue weighted by Gasteiger charge is -2.27. The fourth-order valence-electron chi connectivity index (χ4n) is 3.95. The molecular weight excluding hydrogens is 344 g/mol. The van der Waals surface area contributed by atoms with Crippen LogP contribution in [0.15, 0.2) is 18.2 Å². The second-order valence-corrected chi connectivity index (χ2v) is 7.17. The summed E-state index contributed by atoms with van der Waals surface area (Å²) in [5.74, 6) is 2.32. The van der Waals surface area contributed by atoms with Crippen molar-refractivity contribution in [3.8, 4) is 17.2 Å². The Hall–Kier alpha value is -2.21. The number of ether oxygens (including phenoxy) is 3. The zero-order valence-electron chi connectivity index (χ0n) is 16.5. The van der Waals surface area contributed by atoms with Crippen LogP contribution in [0.5, 0.6) is 17.2 Å². The molecule has 0 unspecified atom stereocenters. The molecule has 0 saturated heterocycles. The molecule has 1 aromatic carbocycles. The molecule has 148 valence electrons. The van der Waals surface area contributed by atoms with Gasteiger partial charge in [-0.25, -0.2) is 0 Å². The van der Waals surface area contributed by atoms with Gasteiger partial charge < -0.3 is 19.5 Å². The SMILES string of the molecule is COc1cc(OC)c(C2=CCN(CC(=O)NC3CCCC3)CC2)c(OC)c1. The average molecular weight is 374 g/mol. The predicted molar refractivity (Wildman–Crippen MR) is 106 cm³/mol. The maximum Gasteiger partial charge on any atom is 0.234 e. The van der Waals surface area contributed by atoms with Crippen molar-refractivity contribution >= 4 is 11.5 Å². The Kier molecular flexibility index (Phi) is 6.61. The van der Waals surface area contributed by atoms with Crippen molar-refractivity contribution in [1.29, 1.82) is 0 Å². The van der Waals surface area contributed by atoms with Gasteiger partial charge in [0, 0.05) is 31.3 Å². The molecule has 2 aliphatic rings. The Morgan fingerprint density at radius 2 is 1.78 bits per heavy atom. The third-order valence-electron chi connectivity index (χ3n) is 5.42.